The number of carbonyl (C=O) groups excluding carboxylic acids is 1. The number of Topliss-reactive ketones (excluding diaryl/α,β-unsaturated/α-hetero) is 1. The SMILES string of the molecule is Cn1ncc(Cl)c1C(=O)C1CCNC1. The van der Waals surface area contributed by atoms with Gasteiger partial charge in [0.1, 0.15) is 5.69 Å². The Kier molecular flexibility index (Phi) is 2.56. The maximum Gasteiger partial charge on any atom is 0.186 e. The summed E-state index contributed by atoms with van der Waals surface area (Å²) < 4.78 is 1.54. The van der Waals surface area contributed by atoms with Crippen LogP contribution in [0.3, 0.4) is 0 Å². The maximum atomic E-state index is 12.0. The molecule has 1 aliphatic rings. The van der Waals surface area contributed by atoms with Crippen LogP contribution in [0.1, 0.15) is 16.9 Å². The molecular weight excluding hydrogens is 202 g/mol. The van der Waals surface area contributed by atoms with Crippen LogP contribution in [0.4, 0.5) is 0 Å². The van der Waals surface area contributed by atoms with Gasteiger partial charge in [0.2, 0.25) is 0 Å². The summed E-state index contributed by atoms with van der Waals surface area (Å²) in [6, 6.07) is 0. The van der Waals surface area contributed by atoms with Crippen molar-refractivity contribution in [3.63, 3.8) is 0 Å². The molecule has 0 aliphatic carbocycles. The molecule has 2 heterocycles. The lowest BCUT2D eigenvalue weighted by Gasteiger charge is -2.07. The van der Waals surface area contributed by atoms with Gasteiger partial charge in [-0.2, -0.15) is 5.10 Å². The Morgan fingerprint density at radius 2 is 2.57 bits per heavy atom. The van der Waals surface area contributed by atoms with Crippen molar-refractivity contribution >= 4 is 17.4 Å². The van der Waals surface area contributed by atoms with E-state index < -0.39 is 0 Å². The summed E-state index contributed by atoms with van der Waals surface area (Å²) in [4.78, 5) is 12.0. The smallest absolute Gasteiger partial charge is 0.186 e. The minimum absolute atomic E-state index is 0.0582. The highest BCUT2D eigenvalue weighted by molar-refractivity contribution is 6.33. The summed E-state index contributed by atoms with van der Waals surface area (Å²) in [6.45, 7) is 1.66. The van der Waals surface area contributed by atoms with E-state index in [0.29, 0.717) is 10.7 Å². The molecular formula is C9H12ClN3O. The van der Waals surface area contributed by atoms with Gasteiger partial charge in [-0.15, -0.1) is 0 Å². The van der Waals surface area contributed by atoms with Crippen molar-refractivity contribution in [2.45, 2.75) is 6.42 Å². The molecule has 1 unspecified atom stereocenters. The predicted molar refractivity (Wildman–Crippen MR) is 53.5 cm³/mol. The first kappa shape index (κ1) is 9.68. The van der Waals surface area contributed by atoms with Crippen LogP contribution in [0.2, 0.25) is 5.02 Å². The summed E-state index contributed by atoms with van der Waals surface area (Å²) in [5.41, 5.74) is 0.528. The van der Waals surface area contributed by atoms with Gasteiger partial charge in [-0.05, 0) is 13.0 Å². The van der Waals surface area contributed by atoms with E-state index in [0.717, 1.165) is 19.5 Å². The molecule has 2 rings (SSSR count). The highest BCUT2D eigenvalue weighted by atomic mass is 35.5. The van der Waals surface area contributed by atoms with Crippen LogP contribution in [-0.4, -0.2) is 28.7 Å². The molecule has 1 fully saturated rings. The van der Waals surface area contributed by atoms with E-state index in [1.165, 1.54) is 6.20 Å². The topological polar surface area (TPSA) is 46.9 Å². The molecule has 1 atom stereocenters. The van der Waals surface area contributed by atoms with Crippen molar-refractivity contribution in [1.29, 1.82) is 0 Å². The number of aromatic nitrogens is 2. The Labute approximate surface area is 87.2 Å². The number of aryl methyl sites for hydroxylation is 1. The molecule has 1 N–H and O–H groups in total. The van der Waals surface area contributed by atoms with Gasteiger partial charge in [0.25, 0.3) is 0 Å². The van der Waals surface area contributed by atoms with E-state index in [4.69, 9.17) is 11.6 Å². The van der Waals surface area contributed by atoms with Crippen LogP contribution in [0.5, 0.6) is 0 Å². The van der Waals surface area contributed by atoms with Gasteiger partial charge in [-0.3, -0.25) is 9.48 Å². The van der Waals surface area contributed by atoms with E-state index in [9.17, 15) is 4.79 Å². The lowest BCUT2D eigenvalue weighted by atomic mass is 10.0. The Hall–Kier alpha value is -0.870. The third kappa shape index (κ3) is 1.55. The fourth-order valence-electron chi connectivity index (χ4n) is 1.76. The molecule has 76 valence electrons. The summed E-state index contributed by atoms with van der Waals surface area (Å²) in [6.07, 6.45) is 2.40. The molecule has 5 heteroatoms. The van der Waals surface area contributed by atoms with Crippen molar-refractivity contribution in [1.82, 2.24) is 15.1 Å². The molecule has 0 aromatic carbocycles. The first-order valence-electron chi connectivity index (χ1n) is 4.62. The Bertz CT molecular complexity index is 335. The number of nitrogens with zero attached hydrogens (tertiary/aromatic N) is 2. The minimum Gasteiger partial charge on any atom is -0.316 e. The molecule has 0 bridgehead atoms. The van der Waals surface area contributed by atoms with Gasteiger partial charge in [0.05, 0.1) is 11.2 Å². The summed E-state index contributed by atoms with van der Waals surface area (Å²) in [7, 11) is 1.74. The average Bonchev–Trinajstić information content (AvgIpc) is 2.75. The van der Waals surface area contributed by atoms with E-state index >= 15 is 0 Å². The molecule has 0 spiro atoms. The molecule has 1 aromatic rings. The Morgan fingerprint density at radius 1 is 1.79 bits per heavy atom. The number of rotatable bonds is 2. The number of hydrogen-bond donors (Lipinski definition) is 1. The zero-order valence-electron chi connectivity index (χ0n) is 7.96. The van der Waals surface area contributed by atoms with E-state index in [-0.39, 0.29) is 11.7 Å². The third-order valence-electron chi connectivity index (χ3n) is 2.56. The van der Waals surface area contributed by atoms with Crippen molar-refractivity contribution in [3.05, 3.63) is 16.9 Å². The van der Waals surface area contributed by atoms with E-state index in [2.05, 4.69) is 10.4 Å². The molecule has 1 aliphatic heterocycles. The number of halogens is 1. The number of ketones is 1. The second kappa shape index (κ2) is 3.71. The van der Waals surface area contributed by atoms with Crippen LogP contribution in [-0.2, 0) is 7.05 Å². The molecule has 4 nitrogen and oxygen atoms in total. The van der Waals surface area contributed by atoms with Crippen molar-refractivity contribution in [3.8, 4) is 0 Å². The monoisotopic (exact) mass is 213 g/mol. The van der Waals surface area contributed by atoms with Gasteiger partial charge in [-0.1, -0.05) is 11.6 Å². The minimum atomic E-state index is 0.0582. The van der Waals surface area contributed by atoms with Crippen LogP contribution >= 0.6 is 11.6 Å². The first-order valence-corrected chi connectivity index (χ1v) is 5.00. The average molecular weight is 214 g/mol. The van der Waals surface area contributed by atoms with Gasteiger partial charge in [-0.25, -0.2) is 0 Å². The fraction of sp³-hybridized carbons (Fsp3) is 0.556. The Balaban J connectivity index is 2.25. The van der Waals surface area contributed by atoms with Crippen LogP contribution in [0, 0.1) is 5.92 Å². The second-order valence-corrected chi connectivity index (χ2v) is 3.93. The standard InChI is InChI=1S/C9H12ClN3O/c1-13-8(7(10)5-12-13)9(14)6-2-3-11-4-6/h5-6,11H,2-4H2,1H3. The molecule has 0 saturated carbocycles. The first-order chi connectivity index (χ1) is 6.70. The fourth-order valence-corrected chi connectivity index (χ4v) is 2.02. The molecule has 0 amide bonds. The van der Waals surface area contributed by atoms with E-state index in [1.54, 1.807) is 11.7 Å². The van der Waals surface area contributed by atoms with Gasteiger partial charge in [0, 0.05) is 19.5 Å². The second-order valence-electron chi connectivity index (χ2n) is 3.52. The van der Waals surface area contributed by atoms with Crippen LogP contribution in [0.15, 0.2) is 6.20 Å². The number of carbonyl (C=O) groups is 1. The highest BCUT2D eigenvalue weighted by Crippen LogP contribution is 2.21. The van der Waals surface area contributed by atoms with Gasteiger partial charge < -0.3 is 5.32 Å². The normalized spacial score (nSPS) is 21.4. The number of hydrogen-bond acceptors (Lipinski definition) is 3. The highest BCUT2D eigenvalue weighted by Gasteiger charge is 2.27. The quantitative estimate of drug-likeness (QED) is 0.742. The lowest BCUT2D eigenvalue weighted by molar-refractivity contribution is 0.0921. The predicted octanol–water partition coefficient (Wildman–Crippen LogP) is 0.866. The van der Waals surface area contributed by atoms with Crippen LogP contribution < -0.4 is 5.32 Å². The number of nitrogens with one attached hydrogen (secondary N) is 1. The van der Waals surface area contributed by atoms with Crippen LogP contribution in [0.25, 0.3) is 0 Å². The van der Waals surface area contributed by atoms with E-state index in [1.807, 2.05) is 0 Å². The molecule has 14 heavy (non-hydrogen) atoms. The lowest BCUT2D eigenvalue weighted by Crippen LogP contribution is -2.20. The van der Waals surface area contributed by atoms with Crippen molar-refractivity contribution in [2.75, 3.05) is 13.1 Å². The zero-order valence-corrected chi connectivity index (χ0v) is 8.71. The van der Waals surface area contributed by atoms with Crippen molar-refractivity contribution < 1.29 is 4.79 Å². The summed E-state index contributed by atoms with van der Waals surface area (Å²) in [5.74, 6) is 0.155. The van der Waals surface area contributed by atoms with Gasteiger partial charge in [0.15, 0.2) is 5.78 Å². The van der Waals surface area contributed by atoms with Gasteiger partial charge >= 0.3 is 0 Å². The van der Waals surface area contributed by atoms with Crippen molar-refractivity contribution in [2.24, 2.45) is 13.0 Å². The maximum absolute atomic E-state index is 12.0. The summed E-state index contributed by atoms with van der Waals surface area (Å²) in [5, 5.41) is 7.56. The Morgan fingerprint density at radius 3 is 3.07 bits per heavy atom. The molecule has 0 radical (unpaired) electrons. The molecule has 1 saturated heterocycles. The molecule has 1 aromatic heterocycles. The largest absolute Gasteiger partial charge is 0.316 e. The summed E-state index contributed by atoms with van der Waals surface area (Å²) >= 11 is 5.89. The third-order valence-corrected chi connectivity index (χ3v) is 2.84. The zero-order chi connectivity index (χ0) is 10.1.